The number of nitrogens with one attached hydrogen (secondary N) is 1. The van der Waals surface area contributed by atoms with Crippen molar-refractivity contribution >= 4 is 5.69 Å². The standard InChI is InChI=1S/C14H20N2O3/c1(5-16-6-8-17-9-7-16)4-15-12-2-3-13-14(10-12)19-11-18-13/h2-3,10,15H,1,4-9,11H2. The zero-order chi connectivity index (χ0) is 12.9. The van der Waals surface area contributed by atoms with Crippen LogP contribution >= 0.6 is 0 Å². The molecular weight excluding hydrogens is 244 g/mol. The lowest BCUT2D eigenvalue weighted by atomic mass is 10.2. The van der Waals surface area contributed by atoms with Crippen molar-refractivity contribution in [2.24, 2.45) is 0 Å². The summed E-state index contributed by atoms with van der Waals surface area (Å²) in [4.78, 5) is 2.45. The Morgan fingerprint density at radius 1 is 1.11 bits per heavy atom. The zero-order valence-corrected chi connectivity index (χ0v) is 11.1. The predicted octanol–water partition coefficient (Wildman–Crippen LogP) is 1.55. The second-order valence-corrected chi connectivity index (χ2v) is 4.80. The van der Waals surface area contributed by atoms with Crippen LogP contribution < -0.4 is 14.8 Å². The summed E-state index contributed by atoms with van der Waals surface area (Å²) in [5, 5.41) is 3.42. The van der Waals surface area contributed by atoms with Gasteiger partial charge in [-0.1, -0.05) is 0 Å². The van der Waals surface area contributed by atoms with Crippen LogP contribution in [0.15, 0.2) is 18.2 Å². The highest BCUT2D eigenvalue weighted by Crippen LogP contribution is 2.34. The Hall–Kier alpha value is -1.46. The Kier molecular flexibility index (Phi) is 4.05. The Labute approximate surface area is 113 Å². The second kappa shape index (κ2) is 6.12. The number of hydrogen-bond donors (Lipinski definition) is 1. The van der Waals surface area contributed by atoms with Crippen LogP contribution in [-0.4, -0.2) is 51.1 Å². The van der Waals surface area contributed by atoms with Crippen LogP contribution in [0, 0.1) is 0 Å². The van der Waals surface area contributed by atoms with E-state index in [1.807, 2.05) is 18.2 Å². The highest BCUT2D eigenvalue weighted by atomic mass is 16.7. The molecule has 0 spiro atoms. The van der Waals surface area contributed by atoms with Crippen molar-refractivity contribution in [3.05, 3.63) is 18.2 Å². The summed E-state index contributed by atoms with van der Waals surface area (Å²) in [6.45, 7) is 6.28. The average molecular weight is 264 g/mol. The summed E-state index contributed by atoms with van der Waals surface area (Å²) >= 11 is 0. The van der Waals surface area contributed by atoms with E-state index in [1.54, 1.807) is 0 Å². The smallest absolute Gasteiger partial charge is 0.231 e. The monoisotopic (exact) mass is 264 g/mol. The Morgan fingerprint density at radius 2 is 1.95 bits per heavy atom. The molecule has 2 heterocycles. The fourth-order valence-corrected chi connectivity index (χ4v) is 2.37. The summed E-state index contributed by atoms with van der Waals surface area (Å²) in [6, 6.07) is 5.98. The van der Waals surface area contributed by atoms with Crippen molar-refractivity contribution < 1.29 is 14.2 Å². The van der Waals surface area contributed by atoms with Crippen LogP contribution in [0.25, 0.3) is 0 Å². The fourth-order valence-electron chi connectivity index (χ4n) is 2.37. The van der Waals surface area contributed by atoms with E-state index >= 15 is 0 Å². The van der Waals surface area contributed by atoms with E-state index in [1.165, 1.54) is 0 Å². The van der Waals surface area contributed by atoms with Gasteiger partial charge in [0.15, 0.2) is 11.5 Å². The lowest BCUT2D eigenvalue weighted by Gasteiger charge is -2.26. The maximum atomic E-state index is 5.36. The molecule has 5 heteroatoms. The van der Waals surface area contributed by atoms with Gasteiger partial charge in [0.2, 0.25) is 6.79 Å². The molecule has 3 rings (SSSR count). The minimum absolute atomic E-state index is 0.329. The molecule has 1 saturated heterocycles. The van der Waals surface area contributed by atoms with Crippen molar-refractivity contribution in [1.29, 1.82) is 0 Å². The van der Waals surface area contributed by atoms with E-state index in [-0.39, 0.29) is 0 Å². The number of anilines is 1. The third kappa shape index (κ3) is 3.30. The van der Waals surface area contributed by atoms with E-state index in [0.717, 1.165) is 63.0 Å². The van der Waals surface area contributed by atoms with Crippen LogP contribution in [0.5, 0.6) is 11.5 Å². The first-order chi connectivity index (χ1) is 9.42. The number of ether oxygens (including phenoxy) is 3. The van der Waals surface area contributed by atoms with Crippen molar-refractivity contribution in [1.82, 2.24) is 4.90 Å². The van der Waals surface area contributed by atoms with Gasteiger partial charge in [-0.15, -0.1) is 0 Å². The van der Waals surface area contributed by atoms with E-state index < -0.39 is 0 Å². The van der Waals surface area contributed by atoms with Crippen molar-refractivity contribution in [2.75, 3.05) is 51.5 Å². The zero-order valence-electron chi connectivity index (χ0n) is 11.1. The van der Waals surface area contributed by atoms with Gasteiger partial charge in [0.1, 0.15) is 0 Å². The molecule has 1 aromatic carbocycles. The maximum absolute atomic E-state index is 5.36. The molecule has 1 fully saturated rings. The van der Waals surface area contributed by atoms with Gasteiger partial charge in [0.05, 0.1) is 13.2 Å². The van der Waals surface area contributed by atoms with Crippen molar-refractivity contribution in [3.8, 4) is 11.5 Å². The first kappa shape index (κ1) is 12.6. The van der Waals surface area contributed by atoms with Gasteiger partial charge >= 0.3 is 0 Å². The number of rotatable bonds is 5. The predicted molar refractivity (Wildman–Crippen MR) is 72.9 cm³/mol. The Balaban J connectivity index is 1.40. The molecule has 0 aromatic heterocycles. The van der Waals surface area contributed by atoms with Gasteiger partial charge in [0, 0.05) is 31.4 Å². The minimum Gasteiger partial charge on any atom is -0.454 e. The molecule has 0 atom stereocenters. The Bertz CT molecular complexity index is 419. The quantitative estimate of drug-likeness (QED) is 0.817. The minimum atomic E-state index is 0.329. The fraction of sp³-hybridized carbons (Fsp3) is 0.571. The Morgan fingerprint density at radius 3 is 2.84 bits per heavy atom. The van der Waals surface area contributed by atoms with E-state index in [9.17, 15) is 0 Å². The molecule has 0 aliphatic carbocycles. The normalized spacial score (nSPS) is 18.5. The highest BCUT2D eigenvalue weighted by molar-refractivity contribution is 5.55. The molecule has 0 saturated carbocycles. The summed E-state index contributed by atoms with van der Waals surface area (Å²) in [5.74, 6) is 1.66. The first-order valence-electron chi connectivity index (χ1n) is 6.85. The topological polar surface area (TPSA) is 43.0 Å². The van der Waals surface area contributed by atoms with Gasteiger partial charge in [-0.25, -0.2) is 0 Å². The molecule has 0 bridgehead atoms. The van der Waals surface area contributed by atoms with E-state index in [4.69, 9.17) is 14.2 Å². The first-order valence-corrected chi connectivity index (χ1v) is 6.85. The number of benzene rings is 1. The van der Waals surface area contributed by atoms with Gasteiger partial charge in [-0.3, -0.25) is 4.90 Å². The van der Waals surface area contributed by atoms with Gasteiger partial charge < -0.3 is 19.5 Å². The summed E-state index contributed by atoms with van der Waals surface area (Å²) in [5.41, 5.74) is 1.09. The van der Waals surface area contributed by atoms with Crippen LogP contribution in [0.1, 0.15) is 6.42 Å². The van der Waals surface area contributed by atoms with Crippen LogP contribution in [-0.2, 0) is 4.74 Å². The van der Waals surface area contributed by atoms with Crippen molar-refractivity contribution in [2.45, 2.75) is 6.42 Å². The molecule has 0 amide bonds. The van der Waals surface area contributed by atoms with Gasteiger partial charge in [-0.05, 0) is 25.1 Å². The van der Waals surface area contributed by atoms with Gasteiger partial charge in [-0.2, -0.15) is 0 Å². The average Bonchev–Trinajstić information content (AvgIpc) is 2.92. The molecule has 0 unspecified atom stereocenters. The highest BCUT2D eigenvalue weighted by Gasteiger charge is 2.13. The largest absolute Gasteiger partial charge is 0.454 e. The third-order valence-corrected chi connectivity index (χ3v) is 3.46. The molecule has 5 nitrogen and oxygen atoms in total. The molecule has 2 aliphatic rings. The lowest BCUT2D eigenvalue weighted by Crippen LogP contribution is -2.37. The van der Waals surface area contributed by atoms with Crippen LogP contribution in [0.4, 0.5) is 5.69 Å². The van der Waals surface area contributed by atoms with E-state index in [2.05, 4.69) is 10.2 Å². The molecule has 104 valence electrons. The summed E-state index contributed by atoms with van der Waals surface area (Å²) in [6.07, 6.45) is 1.13. The van der Waals surface area contributed by atoms with Crippen LogP contribution in [0.3, 0.4) is 0 Å². The molecule has 2 aliphatic heterocycles. The molecule has 0 radical (unpaired) electrons. The maximum Gasteiger partial charge on any atom is 0.231 e. The van der Waals surface area contributed by atoms with E-state index in [0.29, 0.717) is 6.79 Å². The van der Waals surface area contributed by atoms with Gasteiger partial charge in [0.25, 0.3) is 0 Å². The molecule has 1 N–H and O–H groups in total. The number of hydrogen-bond acceptors (Lipinski definition) is 5. The molecule has 1 aromatic rings. The number of nitrogens with zero attached hydrogens (tertiary/aromatic N) is 1. The molecular formula is C14H20N2O3. The van der Waals surface area contributed by atoms with Crippen LogP contribution in [0.2, 0.25) is 0 Å². The number of fused-ring (bicyclic) bond motifs is 1. The summed E-state index contributed by atoms with van der Waals surface area (Å²) < 4.78 is 16.0. The summed E-state index contributed by atoms with van der Waals surface area (Å²) in [7, 11) is 0. The lowest BCUT2D eigenvalue weighted by molar-refractivity contribution is 0.0378. The third-order valence-electron chi connectivity index (χ3n) is 3.46. The second-order valence-electron chi connectivity index (χ2n) is 4.80. The number of morpholine rings is 1. The van der Waals surface area contributed by atoms with Crippen molar-refractivity contribution in [3.63, 3.8) is 0 Å². The SMILES string of the molecule is c1cc2c(cc1NCCCN1CCOCC1)OCO2. The molecule has 19 heavy (non-hydrogen) atoms.